The summed E-state index contributed by atoms with van der Waals surface area (Å²) in [6.45, 7) is 2.00. The lowest BCUT2D eigenvalue weighted by atomic mass is 10.1. The summed E-state index contributed by atoms with van der Waals surface area (Å²) < 4.78 is 5.20. The summed E-state index contributed by atoms with van der Waals surface area (Å²) in [6, 6.07) is 13.8. The zero-order valence-corrected chi connectivity index (χ0v) is 11.2. The van der Waals surface area contributed by atoms with E-state index in [1.54, 1.807) is 12.1 Å². The summed E-state index contributed by atoms with van der Waals surface area (Å²) >= 11 is 0. The van der Waals surface area contributed by atoms with E-state index >= 15 is 0 Å². The van der Waals surface area contributed by atoms with Crippen LogP contribution < -0.4 is 0 Å². The normalized spacial score (nSPS) is 10.5. The van der Waals surface area contributed by atoms with Crippen molar-refractivity contribution in [1.29, 1.82) is 0 Å². The van der Waals surface area contributed by atoms with Gasteiger partial charge in [0.05, 0.1) is 4.92 Å². The Kier molecular flexibility index (Phi) is 3.19. The third-order valence-corrected chi connectivity index (χ3v) is 3.06. The Morgan fingerprint density at radius 2 is 1.62 bits per heavy atom. The fraction of sp³-hybridized carbons (Fsp3) is 0.0667. The first kappa shape index (κ1) is 13.0. The zero-order chi connectivity index (χ0) is 14.8. The number of nitro benzene ring substituents is 1. The number of hydrogen-bond acceptors (Lipinski definition) is 5. The van der Waals surface area contributed by atoms with Gasteiger partial charge in [-0.25, -0.2) is 0 Å². The molecule has 3 aromatic rings. The van der Waals surface area contributed by atoms with E-state index in [-0.39, 0.29) is 5.69 Å². The summed E-state index contributed by atoms with van der Waals surface area (Å²) in [5, 5.41) is 14.5. The van der Waals surface area contributed by atoms with Crippen LogP contribution in [-0.4, -0.2) is 15.1 Å². The molecule has 0 spiro atoms. The largest absolute Gasteiger partial charge is 0.334 e. The van der Waals surface area contributed by atoms with Gasteiger partial charge in [-0.05, 0) is 19.1 Å². The summed E-state index contributed by atoms with van der Waals surface area (Å²) in [6.07, 6.45) is 0. The molecule has 6 nitrogen and oxygen atoms in total. The van der Waals surface area contributed by atoms with Crippen molar-refractivity contribution in [3.05, 3.63) is 64.2 Å². The first-order valence-electron chi connectivity index (χ1n) is 6.29. The predicted octanol–water partition coefficient (Wildman–Crippen LogP) is 3.62. The van der Waals surface area contributed by atoms with Crippen LogP contribution in [0.4, 0.5) is 5.69 Å². The van der Waals surface area contributed by atoms with Crippen molar-refractivity contribution in [1.82, 2.24) is 10.1 Å². The molecule has 1 heterocycles. The average molecular weight is 281 g/mol. The monoisotopic (exact) mass is 281 g/mol. The highest BCUT2D eigenvalue weighted by atomic mass is 16.6. The van der Waals surface area contributed by atoms with Gasteiger partial charge in [0.2, 0.25) is 5.82 Å². The van der Waals surface area contributed by atoms with Crippen molar-refractivity contribution in [2.45, 2.75) is 6.92 Å². The van der Waals surface area contributed by atoms with E-state index in [9.17, 15) is 10.1 Å². The van der Waals surface area contributed by atoms with Gasteiger partial charge in [-0.2, -0.15) is 4.98 Å². The minimum absolute atomic E-state index is 0.0250. The highest BCUT2D eigenvalue weighted by molar-refractivity contribution is 5.60. The van der Waals surface area contributed by atoms with Crippen LogP contribution >= 0.6 is 0 Å². The van der Waals surface area contributed by atoms with Gasteiger partial charge in [-0.1, -0.05) is 35.0 Å². The molecule has 0 fully saturated rings. The number of nitrogens with zero attached hydrogens (tertiary/aromatic N) is 3. The number of benzene rings is 2. The quantitative estimate of drug-likeness (QED) is 0.541. The van der Waals surface area contributed by atoms with Gasteiger partial charge in [0.1, 0.15) is 0 Å². The summed E-state index contributed by atoms with van der Waals surface area (Å²) in [7, 11) is 0. The molecule has 6 heteroatoms. The molecule has 0 amide bonds. The predicted molar refractivity (Wildman–Crippen MR) is 76.6 cm³/mol. The molecule has 0 N–H and O–H groups in total. The smallest absolute Gasteiger partial charge is 0.269 e. The summed E-state index contributed by atoms with van der Waals surface area (Å²) in [5.41, 5.74) is 2.68. The third kappa shape index (κ3) is 2.64. The van der Waals surface area contributed by atoms with Gasteiger partial charge in [-0.3, -0.25) is 10.1 Å². The highest BCUT2D eigenvalue weighted by Crippen LogP contribution is 2.24. The molecule has 104 valence electrons. The second-order valence-corrected chi connectivity index (χ2v) is 4.59. The van der Waals surface area contributed by atoms with E-state index < -0.39 is 4.92 Å². The molecule has 0 bridgehead atoms. The van der Waals surface area contributed by atoms with E-state index in [0.717, 1.165) is 11.1 Å². The highest BCUT2D eigenvalue weighted by Gasteiger charge is 2.12. The second-order valence-electron chi connectivity index (χ2n) is 4.59. The molecule has 0 radical (unpaired) electrons. The Morgan fingerprint density at radius 1 is 1.00 bits per heavy atom. The summed E-state index contributed by atoms with van der Waals surface area (Å²) in [4.78, 5) is 14.5. The van der Waals surface area contributed by atoms with Gasteiger partial charge < -0.3 is 4.52 Å². The molecule has 0 aliphatic heterocycles. The molecule has 0 aliphatic rings. The van der Waals surface area contributed by atoms with Crippen LogP contribution in [0.3, 0.4) is 0 Å². The van der Waals surface area contributed by atoms with Gasteiger partial charge in [0.15, 0.2) is 0 Å². The van der Waals surface area contributed by atoms with Crippen LogP contribution in [0.2, 0.25) is 0 Å². The van der Waals surface area contributed by atoms with E-state index in [2.05, 4.69) is 10.1 Å². The zero-order valence-electron chi connectivity index (χ0n) is 11.2. The molecule has 0 saturated carbocycles. The Labute approximate surface area is 120 Å². The third-order valence-electron chi connectivity index (χ3n) is 3.06. The Balaban J connectivity index is 1.90. The van der Waals surface area contributed by atoms with Crippen molar-refractivity contribution in [3.63, 3.8) is 0 Å². The standard InChI is InChI=1S/C15H11N3O3/c1-10-2-4-11(5-3-10)14-16-15(21-17-14)12-6-8-13(9-7-12)18(19)20/h2-9H,1H3. The lowest BCUT2D eigenvalue weighted by Gasteiger charge is -1.95. The van der Waals surface area contributed by atoms with Crippen molar-refractivity contribution in [2.24, 2.45) is 0 Å². The number of nitro groups is 1. The van der Waals surface area contributed by atoms with Gasteiger partial charge in [0, 0.05) is 23.3 Å². The molecule has 0 atom stereocenters. The van der Waals surface area contributed by atoms with Crippen LogP contribution in [0, 0.1) is 17.0 Å². The molecule has 0 saturated heterocycles. The van der Waals surface area contributed by atoms with E-state index in [1.165, 1.54) is 12.1 Å². The van der Waals surface area contributed by atoms with Crippen molar-refractivity contribution in [2.75, 3.05) is 0 Å². The van der Waals surface area contributed by atoms with E-state index in [0.29, 0.717) is 17.3 Å². The topological polar surface area (TPSA) is 82.1 Å². The fourth-order valence-electron chi connectivity index (χ4n) is 1.89. The maximum absolute atomic E-state index is 10.6. The molecule has 1 aromatic heterocycles. The Bertz CT molecular complexity index is 777. The van der Waals surface area contributed by atoms with Crippen molar-refractivity contribution >= 4 is 5.69 Å². The number of hydrogen-bond donors (Lipinski definition) is 0. The molecule has 0 aliphatic carbocycles. The Morgan fingerprint density at radius 3 is 2.24 bits per heavy atom. The number of non-ortho nitro benzene ring substituents is 1. The van der Waals surface area contributed by atoms with Crippen molar-refractivity contribution in [3.8, 4) is 22.8 Å². The molecular formula is C15H11N3O3. The van der Waals surface area contributed by atoms with Crippen LogP contribution in [0.1, 0.15) is 5.56 Å². The minimum Gasteiger partial charge on any atom is -0.334 e. The Hall–Kier alpha value is -3.02. The fourth-order valence-corrected chi connectivity index (χ4v) is 1.89. The maximum Gasteiger partial charge on any atom is 0.269 e. The molecular weight excluding hydrogens is 270 g/mol. The van der Waals surface area contributed by atoms with E-state index in [4.69, 9.17) is 4.52 Å². The minimum atomic E-state index is -0.449. The number of rotatable bonds is 3. The van der Waals surface area contributed by atoms with Crippen LogP contribution in [0.5, 0.6) is 0 Å². The SMILES string of the molecule is Cc1ccc(-c2noc(-c3ccc([N+](=O)[O-])cc3)n2)cc1. The van der Waals surface area contributed by atoms with Crippen molar-refractivity contribution < 1.29 is 9.45 Å². The van der Waals surface area contributed by atoms with Gasteiger partial charge in [0.25, 0.3) is 11.6 Å². The second kappa shape index (κ2) is 5.16. The molecule has 3 rings (SSSR count). The van der Waals surface area contributed by atoms with Gasteiger partial charge >= 0.3 is 0 Å². The maximum atomic E-state index is 10.6. The first-order valence-corrected chi connectivity index (χ1v) is 6.29. The molecule has 0 unspecified atom stereocenters. The van der Waals surface area contributed by atoms with E-state index in [1.807, 2.05) is 31.2 Å². The lowest BCUT2D eigenvalue weighted by Crippen LogP contribution is -1.87. The number of aryl methyl sites for hydroxylation is 1. The molecule has 2 aromatic carbocycles. The van der Waals surface area contributed by atoms with Crippen LogP contribution in [0.15, 0.2) is 53.1 Å². The first-order chi connectivity index (χ1) is 10.1. The van der Waals surface area contributed by atoms with Gasteiger partial charge in [-0.15, -0.1) is 0 Å². The van der Waals surface area contributed by atoms with Crippen LogP contribution in [-0.2, 0) is 0 Å². The lowest BCUT2D eigenvalue weighted by molar-refractivity contribution is -0.384. The summed E-state index contributed by atoms with van der Waals surface area (Å²) in [5.74, 6) is 0.823. The number of aromatic nitrogens is 2. The van der Waals surface area contributed by atoms with Crippen LogP contribution in [0.25, 0.3) is 22.8 Å². The average Bonchev–Trinajstić information content (AvgIpc) is 2.98. The molecule has 21 heavy (non-hydrogen) atoms.